The maximum absolute atomic E-state index is 14.4. The van der Waals surface area contributed by atoms with Gasteiger partial charge in [-0.15, -0.1) is 30.6 Å². The monoisotopic (exact) mass is 1320 g/mol. The quantitative estimate of drug-likeness (QED) is 0.106. The van der Waals surface area contributed by atoms with Crippen molar-refractivity contribution in [3.05, 3.63) is 317 Å². The highest BCUT2D eigenvalue weighted by Gasteiger charge is 2.22. The minimum Gasteiger partial charge on any atom is -0.322 e. The number of fused-ring (bicyclic) bond motifs is 3. The normalized spacial score (nSPS) is 10.9. The highest BCUT2D eigenvalue weighted by Crippen LogP contribution is 2.34. The number of aryl methyl sites for hydroxylation is 7. The average Bonchev–Trinajstić information content (AvgIpc) is 1.59. The molecule has 100 heavy (non-hydrogen) atoms. The van der Waals surface area contributed by atoms with Crippen LogP contribution < -0.4 is 16.0 Å². The molecule has 0 aliphatic rings. The highest BCUT2D eigenvalue weighted by molar-refractivity contribution is 6.08. The van der Waals surface area contributed by atoms with Crippen LogP contribution in [0.1, 0.15) is 77.4 Å². The van der Waals surface area contributed by atoms with Crippen molar-refractivity contribution in [3.8, 4) is 67.5 Å². The first kappa shape index (κ1) is 67.0. The Kier molecular flexibility index (Phi) is 19.6. The predicted octanol–water partition coefficient (Wildman–Crippen LogP) is 18.4. The summed E-state index contributed by atoms with van der Waals surface area (Å²) in [6.45, 7) is 13.8. The number of nitrogens with zero attached hydrogens (tertiary/aromatic N) is 10. The van der Waals surface area contributed by atoms with Crippen molar-refractivity contribution >= 4 is 51.7 Å². The lowest BCUT2D eigenvalue weighted by molar-refractivity contribution is 0.101. The lowest BCUT2D eigenvalue weighted by atomic mass is 9.99. The number of carbonyl (C=O) groups excluding carboxylic acids is 3. The molecule has 0 unspecified atom stereocenters. The van der Waals surface area contributed by atoms with Crippen molar-refractivity contribution < 1.29 is 23.2 Å². The second kappa shape index (κ2) is 29.2. The second-order valence-corrected chi connectivity index (χ2v) is 24.1. The molecule has 0 aliphatic carbocycles. The van der Waals surface area contributed by atoms with Crippen LogP contribution in [-0.4, -0.2) is 66.5 Å². The van der Waals surface area contributed by atoms with Crippen LogP contribution in [0.25, 0.3) is 84.5 Å². The Balaban J connectivity index is 0.000000142. The van der Waals surface area contributed by atoms with Gasteiger partial charge in [0.25, 0.3) is 17.7 Å². The summed E-state index contributed by atoms with van der Waals surface area (Å²) in [6.07, 6.45) is 9.09. The molecule has 8 aromatic carbocycles. The van der Waals surface area contributed by atoms with Crippen molar-refractivity contribution in [3.63, 3.8) is 0 Å². The van der Waals surface area contributed by atoms with Crippen LogP contribution in [0.4, 0.5) is 25.8 Å². The predicted molar refractivity (Wildman–Crippen MR) is 392 cm³/mol. The van der Waals surface area contributed by atoms with E-state index in [0.717, 1.165) is 118 Å². The summed E-state index contributed by atoms with van der Waals surface area (Å²) in [5.74, 6) is -0.711. The zero-order valence-corrected chi connectivity index (χ0v) is 55.1. The molecule has 494 valence electrons. The fraction of sp³-hybridized carbons (Fsp3) is 0.0976. The van der Waals surface area contributed by atoms with Gasteiger partial charge in [-0.05, 0) is 203 Å². The molecule has 3 N–H and O–H groups in total. The molecule has 0 radical (unpaired) electrons. The van der Waals surface area contributed by atoms with E-state index in [2.05, 4.69) is 70.6 Å². The summed E-state index contributed by atoms with van der Waals surface area (Å²) in [6, 6.07) is 68.0. The Morgan fingerprint density at radius 1 is 0.340 bits per heavy atom. The summed E-state index contributed by atoms with van der Waals surface area (Å²) < 4.78 is 33.7. The van der Waals surface area contributed by atoms with E-state index in [1.807, 2.05) is 239 Å². The molecular formula is C82H69F2N13O3. The van der Waals surface area contributed by atoms with Gasteiger partial charge in [0.1, 0.15) is 0 Å². The number of hydrogen-bond donors (Lipinski definition) is 3. The van der Waals surface area contributed by atoms with E-state index >= 15 is 0 Å². The number of rotatable bonds is 12. The van der Waals surface area contributed by atoms with Gasteiger partial charge in [-0.2, -0.15) is 0 Å². The Bertz CT molecular complexity index is 5540. The summed E-state index contributed by atoms with van der Waals surface area (Å²) in [4.78, 5) is 43.2. The van der Waals surface area contributed by atoms with Crippen LogP contribution in [-0.2, 0) is 0 Å². The van der Waals surface area contributed by atoms with Gasteiger partial charge < -0.3 is 16.0 Å². The number of pyridine rings is 4. The van der Waals surface area contributed by atoms with Gasteiger partial charge in [0.2, 0.25) is 0 Å². The van der Waals surface area contributed by atoms with E-state index < -0.39 is 11.6 Å². The molecule has 7 aromatic heterocycles. The molecule has 18 heteroatoms. The lowest BCUT2D eigenvalue weighted by Crippen LogP contribution is -2.13. The Morgan fingerprint density at radius 2 is 0.710 bits per heavy atom. The fourth-order valence-corrected chi connectivity index (χ4v) is 11.6. The van der Waals surface area contributed by atoms with Gasteiger partial charge in [-0.25, -0.2) is 8.78 Å². The third-order valence-corrected chi connectivity index (χ3v) is 17.1. The summed E-state index contributed by atoms with van der Waals surface area (Å²) in [7, 11) is 0. The topological polar surface area (TPSA) is 191 Å². The van der Waals surface area contributed by atoms with E-state index in [9.17, 15) is 23.2 Å². The van der Waals surface area contributed by atoms with E-state index in [1.165, 1.54) is 12.1 Å². The standard InChI is InChI=1S/C28H24N4O.C27H20F2N4O.C26H21N5O.CH4/c1-18-10-14-22(15-11-18)29-28(33)25-17-21(13-12-20(25)3)24-9-6-16-32-26(30-31-27(24)32)23-8-5-4-7-19(23)2;1-16-8-12-19(13-9-16)30-27(34)22-15-18(11-10-17(22)2)20-6-4-14-33-25(20)31-32-26(33)21-5-3-7-23(28)24(21)29;1-17-7-11-21(12-8-17)28-26(32)23-15-19(10-9-18(23)2)22-6-4-14-31-24(29-30-25(22)31)20-5-3-13-27-16-20;/h4-17H,1-3H3,(H,29,33);3-15H,1-2H3,(H,30,34);3-16H,1-2H3,(H,28,32);1H4. The zero-order chi connectivity index (χ0) is 68.8. The van der Waals surface area contributed by atoms with Crippen molar-refractivity contribution in [2.75, 3.05) is 16.0 Å². The molecular weight excluding hydrogens is 1250 g/mol. The molecule has 15 aromatic rings. The zero-order valence-electron chi connectivity index (χ0n) is 55.1. The molecule has 7 heterocycles. The number of anilines is 3. The van der Waals surface area contributed by atoms with Crippen LogP contribution >= 0.6 is 0 Å². The van der Waals surface area contributed by atoms with Gasteiger partial charge in [0, 0.05) is 92.6 Å². The number of aromatic nitrogens is 10. The van der Waals surface area contributed by atoms with E-state index in [1.54, 1.807) is 35.1 Å². The number of benzene rings is 8. The largest absolute Gasteiger partial charge is 0.322 e. The number of halogens is 2. The lowest BCUT2D eigenvalue weighted by Gasteiger charge is -2.11. The van der Waals surface area contributed by atoms with Gasteiger partial charge in [-0.3, -0.25) is 32.6 Å². The van der Waals surface area contributed by atoms with Crippen LogP contribution in [0, 0.1) is 60.1 Å². The van der Waals surface area contributed by atoms with Gasteiger partial charge in [0.15, 0.2) is 46.0 Å². The summed E-state index contributed by atoms with van der Waals surface area (Å²) in [5, 5.41) is 35.1. The molecule has 0 spiro atoms. The SMILES string of the molecule is C.Cc1ccc(NC(=O)c2cc(-c3cccn4c(-c5cccc(F)c5F)nnc34)ccc2C)cc1.Cc1ccc(NC(=O)c2cc(-c3cccn4c(-c5ccccc5C)nnc34)ccc2C)cc1.Cc1ccc(NC(=O)c2cc(-c3cccn4c(-c5cccnc5)nnc34)ccc2C)cc1. The summed E-state index contributed by atoms with van der Waals surface area (Å²) in [5.41, 5.74) is 20.2. The minimum atomic E-state index is -0.979. The molecule has 0 aliphatic heterocycles. The van der Waals surface area contributed by atoms with Crippen LogP contribution in [0.5, 0.6) is 0 Å². The first-order valence-electron chi connectivity index (χ1n) is 31.9. The average molecular weight is 1320 g/mol. The van der Waals surface area contributed by atoms with E-state index in [0.29, 0.717) is 33.6 Å². The Labute approximate surface area is 576 Å². The van der Waals surface area contributed by atoms with E-state index in [-0.39, 0.29) is 36.5 Å². The van der Waals surface area contributed by atoms with Crippen molar-refractivity contribution in [2.45, 2.75) is 55.9 Å². The molecule has 16 nitrogen and oxygen atoms in total. The number of carbonyl (C=O) groups is 3. The molecule has 0 fully saturated rings. The molecule has 0 saturated carbocycles. The van der Waals surface area contributed by atoms with Crippen molar-refractivity contribution in [2.24, 2.45) is 0 Å². The second-order valence-electron chi connectivity index (χ2n) is 24.1. The third kappa shape index (κ3) is 14.1. The first-order chi connectivity index (χ1) is 48.0. The Hall–Kier alpha value is -13.0. The van der Waals surface area contributed by atoms with Crippen molar-refractivity contribution in [1.82, 2.24) is 48.8 Å². The fourth-order valence-electron chi connectivity index (χ4n) is 11.6. The number of nitrogens with one attached hydrogen (secondary N) is 3. The first-order valence-corrected chi connectivity index (χ1v) is 31.9. The third-order valence-electron chi connectivity index (χ3n) is 17.1. The van der Waals surface area contributed by atoms with Gasteiger partial charge in [0.05, 0.1) is 5.56 Å². The highest BCUT2D eigenvalue weighted by atomic mass is 19.2. The van der Waals surface area contributed by atoms with Crippen LogP contribution in [0.3, 0.4) is 0 Å². The van der Waals surface area contributed by atoms with Crippen molar-refractivity contribution in [1.29, 1.82) is 0 Å². The van der Waals surface area contributed by atoms with Crippen LogP contribution in [0.2, 0.25) is 0 Å². The summed E-state index contributed by atoms with van der Waals surface area (Å²) >= 11 is 0. The molecule has 0 bridgehead atoms. The molecule has 3 amide bonds. The smallest absolute Gasteiger partial charge is 0.255 e. The van der Waals surface area contributed by atoms with Gasteiger partial charge >= 0.3 is 0 Å². The Morgan fingerprint density at radius 3 is 1.11 bits per heavy atom. The van der Waals surface area contributed by atoms with Gasteiger partial charge in [-0.1, -0.05) is 127 Å². The minimum absolute atomic E-state index is 0. The van der Waals surface area contributed by atoms with E-state index in [4.69, 9.17) is 0 Å². The molecule has 15 rings (SSSR count). The van der Waals surface area contributed by atoms with Crippen LogP contribution in [0.15, 0.2) is 249 Å². The molecule has 0 atom stereocenters. The maximum Gasteiger partial charge on any atom is 0.255 e. The number of hydrogen-bond acceptors (Lipinski definition) is 10. The number of amides is 3. The molecule has 0 saturated heterocycles. The maximum atomic E-state index is 14.4.